The second-order valence-electron chi connectivity index (χ2n) is 6.26. The predicted octanol–water partition coefficient (Wildman–Crippen LogP) is 3.87. The fourth-order valence-corrected chi connectivity index (χ4v) is 3.94. The lowest BCUT2D eigenvalue weighted by atomic mass is 9.97. The van der Waals surface area contributed by atoms with E-state index < -0.39 is 18.1 Å². The number of hydrogen-bond acceptors (Lipinski definition) is 4. The van der Waals surface area contributed by atoms with E-state index in [0.717, 1.165) is 16.0 Å². The predicted molar refractivity (Wildman–Crippen MR) is 100 cm³/mol. The minimum absolute atomic E-state index is 0.328. The monoisotopic (exact) mass is 381 g/mol. The van der Waals surface area contributed by atoms with Crippen LogP contribution >= 0.6 is 11.3 Å². The Balaban J connectivity index is 1.58. The molecule has 0 saturated carbocycles. The number of carbonyl (C=O) groups excluding carboxylic acids is 2. The molecule has 4 rings (SSSR count). The summed E-state index contributed by atoms with van der Waals surface area (Å²) in [6.07, 6.45) is -0.566. The van der Waals surface area contributed by atoms with Crippen molar-refractivity contribution in [2.75, 3.05) is 0 Å². The van der Waals surface area contributed by atoms with Gasteiger partial charge in [-0.05, 0) is 40.8 Å². The zero-order valence-electron chi connectivity index (χ0n) is 14.2. The van der Waals surface area contributed by atoms with E-state index in [-0.39, 0.29) is 11.7 Å². The van der Waals surface area contributed by atoms with E-state index in [0.29, 0.717) is 12.0 Å². The van der Waals surface area contributed by atoms with E-state index in [4.69, 9.17) is 4.74 Å². The zero-order chi connectivity index (χ0) is 18.8. The SMILES string of the molecule is O=C1OC(C(=O)NC(c2ccc(F)cc2)c2cccs2)Cc2ccccc21. The van der Waals surface area contributed by atoms with Crippen LogP contribution in [0.25, 0.3) is 0 Å². The highest BCUT2D eigenvalue weighted by molar-refractivity contribution is 7.10. The molecule has 0 bridgehead atoms. The molecule has 0 radical (unpaired) electrons. The third-order valence-electron chi connectivity index (χ3n) is 4.50. The summed E-state index contributed by atoms with van der Waals surface area (Å²) in [6, 6.07) is 16.5. The number of nitrogens with one attached hydrogen (secondary N) is 1. The molecule has 1 aromatic heterocycles. The van der Waals surface area contributed by atoms with Crippen LogP contribution in [-0.4, -0.2) is 18.0 Å². The minimum Gasteiger partial charge on any atom is -0.448 e. The van der Waals surface area contributed by atoms with Gasteiger partial charge in [0.05, 0.1) is 11.6 Å². The zero-order valence-corrected chi connectivity index (χ0v) is 15.0. The highest BCUT2D eigenvalue weighted by Gasteiger charge is 2.32. The molecule has 1 aliphatic rings. The highest BCUT2D eigenvalue weighted by atomic mass is 32.1. The molecule has 0 spiro atoms. The molecule has 0 aliphatic carbocycles. The number of amides is 1. The molecule has 136 valence electrons. The molecule has 27 heavy (non-hydrogen) atoms. The molecule has 6 heteroatoms. The van der Waals surface area contributed by atoms with Gasteiger partial charge in [0.1, 0.15) is 5.82 Å². The van der Waals surface area contributed by atoms with Gasteiger partial charge in [-0.15, -0.1) is 11.3 Å². The second kappa shape index (κ2) is 7.32. The van der Waals surface area contributed by atoms with Gasteiger partial charge in [0.15, 0.2) is 6.10 Å². The van der Waals surface area contributed by atoms with Gasteiger partial charge in [0.25, 0.3) is 5.91 Å². The third kappa shape index (κ3) is 3.61. The summed E-state index contributed by atoms with van der Waals surface area (Å²) in [7, 11) is 0. The van der Waals surface area contributed by atoms with Crippen molar-refractivity contribution in [3.05, 3.63) is 93.4 Å². The minimum atomic E-state index is -0.893. The largest absolute Gasteiger partial charge is 0.448 e. The summed E-state index contributed by atoms with van der Waals surface area (Å²) < 4.78 is 18.6. The number of cyclic esters (lactones) is 1. The Morgan fingerprint density at radius 1 is 1.11 bits per heavy atom. The number of hydrogen-bond donors (Lipinski definition) is 1. The van der Waals surface area contributed by atoms with Gasteiger partial charge in [0.2, 0.25) is 0 Å². The molecule has 4 nitrogen and oxygen atoms in total. The number of benzene rings is 2. The van der Waals surface area contributed by atoms with Gasteiger partial charge in [-0.25, -0.2) is 9.18 Å². The van der Waals surface area contributed by atoms with Gasteiger partial charge < -0.3 is 10.1 Å². The third-order valence-corrected chi connectivity index (χ3v) is 5.44. The molecule has 2 aromatic carbocycles. The van der Waals surface area contributed by atoms with Gasteiger partial charge in [-0.2, -0.15) is 0 Å². The lowest BCUT2D eigenvalue weighted by Gasteiger charge is -2.26. The van der Waals surface area contributed by atoms with Crippen molar-refractivity contribution in [1.29, 1.82) is 0 Å². The topological polar surface area (TPSA) is 55.4 Å². The summed E-state index contributed by atoms with van der Waals surface area (Å²) >= 11 is 1.49. The number of ether oxygens (including phenoxy) is 1. The maximum atomic E-state index is 13.3. The normalized spacial score (nSPS) is 16.9. The van der Waals surface area contributed by atoms with Crippen LogP contribution in [0.2, 0.25) is 0 Å². The fourth-order valence-electron chi connectivity index (χ4n) is 3.14. The summed E-state index contributed by atoms with van der Waals surface area (Å²) in [5.74, 6) is -1.21. The Morgan fingerprint density at radius 3 is 2.63 bits per heavy atom. The smallest absolute Gasteiger partial charge is 0.339 e. The maximum absolute atomic E-state index is 13.3. The molecular weight excluding hydrogens is 365 g/mol. The highest BCUT2D eigenvalue weighted by Crippen LogP contribution is 2.27. The van der Waals surface area contributed by atoms with Gasteiger partial charge in [-0.1, -0.05) is 36.4 Å². The first-order valence-electron chi connectivity index (χ1n) is 8.50. The van der Waals surface area contributed by atoms with Crippen LogP contribution in [0.4, 0.5) is 4.39 Å². The molecule has 0 saturated heterocycles. The van der Waals surface area contributed by atoms with E-state index in [1.165, 1.54) is 23.5 Å². The molecule has 0 fully saturated rings. The Labute approximate surface area is 159 Å². The standard InChI is InChI=1S/C21H16FNO3S/c22-15-9-7-13(8-10-15)19(18-6-3-11-27-18)23-20(24)17-12-14-4-1-2-5-16(14)21(25)26-17/h1-11,17,19H,12H2,(H,23,24). The van der Waals surface area contributed by atoms with E-state index in [9.17, 15) is 14.0 Å². The quantitative estimate of drug-likeness (QED) is 0.698. The van der Waals surface area contributed by atoms with Gasteiger partial charge in [-0.3, -0.25) is 4.79 Å². The van der Waals surface area contributed by atoms with E-state index in [2.05, 4.69) is 5.32 Å². The number of esters is 1. The maximum Gasteiger partial charge on any atom is 0.339 e. The summed E-state index contributed by atoms with van der Waals surface area (Å²) in [5, 5.41) is 4.86. The van der Waals surface area contributed by atoms with E-state index >= 15 is 0 Å². The van der Waals surface area contributed by atoms with Crippen molar-refractivity contribution in [2.45, 2.75) is 18.6 Å². The van der Waals surface area contributed by atoms with Crippen LogP contribution in [0.3, 0.4) is 0 Å². The van der Waals surface area contributed by atoms with Crippen molar-refractivity contribution in [3.63, 3.8) is 0 Å². The van der Waals surface area contributed by atoms with Crippen LogP contribution in [0.15, 0.2) is 66.0 Å². The Bertz CT molecular complexity index is 969. The average Bonchev–Trinajstić information content (AvgIpc) is 3.21. The average molecular weight is 381 g/mol. The van der Waals surface area contributed by atoms with E-state index in [1.54, 1.807) is 24.3 Å². The van der Waals surface area contributed by atoms with Crippen LogP contribution in [-0.2, 0) is 16.0 Å². The Hall–Kier alpha value is -2.99. The molecule has 1 N–H and O–H groups in total. The molecule has 2 heterocycles. The first-order chi connectivity index (χ1) is 13.1. The lowest BCUT2D eigenvalue weighted by Crippen LogP contribution is -2.43. The van der Waals surface area contributed by atoms with Crippen LogP contribution in [0.1, 0.15) is 32.4 Å². The fraction of sp³-hybridized carbons (Fsp3) is 0.143. The van der Waals surface area contributed by atoms with E-state index in [1.807, 2.05) is 29.6 Å². The first kappa shape index (κ1) is 17.4. The summed E-state index contributed by atoms with van der Waals surface area (Å²) in [5.41, 5.74) is 2.05. The number of fused-ring (bicyclic) bond motifs is 1. The summed E-state index contributed by atoms with van der Waals surface area (Å²) in [4.78, 5) is 25.9. The number of carbonyl (C=O) groups is 2. The number of thiophene rings is 1. The second-order valence-corrected chi connectivity index (χ2v) is 7.24. The molecule has 2 unspecified atom stereocenters. The Kier molecular flexibility index (Phi) is 4.73. The van der Waals surface area contributed by atoms with Crippen molar-refractivity contribution < 1.29 is 18.7 Å². The Morgan fingerprint density at radius 2 is 1.89 bits per heavy atom. The van der Waals surface area contributed by atoms with Gasteiger partial charge in [0, 0.05) is 11.3 Å². The van der Waals surface area contributed by atoms with Crippen molar-refractivity contribution in [1.82, 2.24) is 5.32 Å². The van der Waals surface area contributed by atoms with Crippen LogP contribution in [0.5, 0.6) is 0 Å². The van der Waals surface area contributed by atoms with Gasteiger partial charge >= 0.3 is 5.97 Å². The van der Waals surface area contributed by atoms with Crippen molar-refractivity contribution >= 4 is 23.2 Å². The number of halogens is 1. The van der Waals surface area contributed by atoms with Crippen LogP contribution < -0.4 is 5.32 Å². The molecule has 3 aromatic rings. The molecule has 1 amide bonds. The first-order valence-corrected chi connectivity index (χ1v) is 9.38. The van der Waals surface area contributed by atoms with Crippen LogP contribution in [0, 0.1) is 5.82 Å². The van der Waals surface area contributed by atoms with Crippen molar-refractivity contribution in [2.24, 2.45) is 0 Å². The molecule has 1 aliphatic heterocycles. The molecule has 2 atom stereocenters. The van der Waals surface area contributed by atoms with Crippen molar-refractivity contribution in [3.8, 4) is 0 Å². The lowest BCUT2D eigenvalue weighted by molar-refractivity contribution is -0.130. The number of rotatable bonds is 4. The molecular formula is C21H16FNO3S. The summed E-state index contributed by atoms with van der Waals surface area (Å²) in [6.45, 7) is 0.